The minimum Gasteiger partial charge on any atom is -0.394 e. The van der Waals surface area contributed by atoms with E-state index in [-0.39, 0.29) is 12.5 Å². The van der Waals surface area contributed by atoms with Crippen LogP contribution in [-0.4, -0.2) is 43.4 Å². The molecule has 0 spiro atoms. The summed E-state index contributed by atoms with van der Waals surface area (Å²) in [6, 6.07) is 7.95. The number of rotatable bonds is 4. The third-order valence-electron chi connectivity index (χ3n) is 2.71. The molecule has 0 aliphatic carbocycles. The molecule has 5 nitrogen and oxygen atoms in total. The number of aliphatic hydroxyl groups is 1. The molecule has 1 saturated heterocycles. The van der Waals surface area contributed by atoms with Gasteiger partial charge in [-0.3, -0.25) is 9.79 Å². The molecule has 1 aliphatic heterocycles. The third kappa shape index (κ3) is 3.61. The topological polar surface area (TPSA) is 64.9 Å². The Hall–Kier alpha value is -1.79. The van der Waals surface area contributed by atoms with Gasteiger partial charge >= 0.3 is 0 Å². The first kappa shape index (κ1) is 14.6. The smallest absolute Gasteiger partial charge is 0.264 e. The highest BCUT2D eigenvalue weighted by molar-refractivity contribution is 8.18. The number of anilines is 1. The molecule has 0 unspecified atom stereocenters. The molecule has 0 aromatic heterocycles. The average Bonchev–Trinajstić information content (AvgIpc) is 2.77. The van der Waals surface area contributed by atoms with Crippen molar-refractivity contribution in [1.82, 2.24) is 5.32 Å². The fourth-order valence-electron chi connectivity index (χ4n) is 1.67. The largest absolute Gasteiger partial charge is 0.394 e. The molecule has 20 heavy (non-hydrogen) atoms. The summed E-state index contributed by atoms with van der Waals surface area (Å²) >= 11 is 1.29. The maximum absolute atomic E-state index is 11.8. The average molecular weight is 291 g/mol. The third-order valence-corrected chi connectivity index (χ3v) is 3.66. The van der Waals surface area contributed by atoms with E-state index in [1.165, 1.54) is 11.8 Å². The molecule has 0 saturated carbocycles. The predicted octanol–water partition coefficient (Wildman–Crippen LogP) is 1.30. The van der Waals surface area contributed by atoms with Crippen molar-refractivity contribution in [2.45, 2.75) is 0 Å². The second-order valence-corrected chi connectivity index (χ2v) is 5.49. The Balaban J connectivity index is 2.13. The van der Waals surface area contributed by atoms with E-state index in [2.05, 4.69) is 10.3 Å². The van der Waals surface area contributed by atoms with E-state index in [0.717, 1.165) is 11.3 Å². The Bertz CT molecular complexity index is 550. The van der Waals surface area contributed by atoms with Crippen molar-refractivity contribution >= 4 is 34.6 Å². The van der Waals surface area contributed by atoms with E-state index >= 15 is 0 Å². The van der Waals surface area contributed by atoms with E-state index in [1.807, 2.05) is 49.3 Å². The van der Waals surface area contributed by atoms with Gasteiger partial charge in [0.25, 0.3) is 5.91 Å². The van der Waals surface area contributed by atoms with E-state index in [9.17, 15) is 4.79 Å². The maximum atomic E-state index is 11.8. The zero-order chi connectivity index (χ0) is 14.5. The number of hydrogen-bond acceptors (Lipinski definition) is 5. The van der Waals surface area contributed by atoms with Crippen LogP contribution in [0.25, 0.3) is 6.08 Å². The summed E-state index contributed by atoms with van der Waals surface area (Å²) in [7, 11) is 3.97. The standard InChI is InChI=1S/C14H17N3O2S/c1-17(2)11-5-3-10(4-6-11)9-12-13(19)16-14(20-12)15-7-8-18/h3-6,9,18H,7-8H2,1-2H3,(H,15,16,19)/b12-9-. The first-order valence-electron chi connectivity index (χ1n) is 6.24. The fourth-order valence-corrected chi connectivity index (χ4v) is 2.52. The number of benzene rings is 1. The number of hydrogen-bond donors (Lipinski definition) is 2. The van der Waals surface area contributed by atoms with Gasteiger partial charge in [-0.25, -0.2) is 0 Å². The van der Waals surface area contributed by atoms with Gasteiger partial charge in [-0.2, -0.15) is 0 Å². The maximum Gasteiger partial charge on any atom is 0.264 e. The van der Waals surface area contributed by atoms with Crippen molar-refractivity contribution < 1.29 is 9.90 Å². The zero-order valence-corrected chi connectivity index (χ0v) is 12.3. The predicted molar refractivity (Wildman–Crippen MR) is 83.9 cm³/mol. The first-order valence-corrected chi connectivity index (χ1v) is 7.05. The van der Waals surface area contributed by atoms with Gasteiger partial charge in [0.2, 0.25) is 0 Å². The lowest BCUT2D eigenvalue weighted by molar-refractivity contribution is -0.115. The molecule has 1 aromatic rings. The van der Waals surface area contributed by atoms with Crippen LogP contribution in [0.15, 0.2) is 34.2 Å². The first-order chi connectivity index (χ1) is 9.60. The summed E-state index contributed by atoms with van der Waals surface area (Å²) in [4.78, 5) is 18.5. The second-order valence-electron chi connectivity index (χ2n) is 4.46. The highest BCUT2D eigenvalue weighted by Gasteiger charge is 2.23. The number of nitrogens with one attached hydrogen (secondary N) is 1. The van der Waals surface area contributed by atoms with Crippen LogP contribution in [0.3, 0.4) is 0 Å². The van der Waals surface area contributed by atoms with Gasteiger partial charge in [-0.05, 0) is 35.5 Å². The molecule has 6 heteroatoms. The van der Waals surface area contributed by atoms with Gasteiger partial charge in [0.15, 0.2) is 5.17 Å². The van der Waals surface area contributed by atoms with Crippen LogP contribution in [0.1, 0.15) is 5.56 Å². The molecular weight excluding hydrogens is 274 g/mol. The number of aliphatic imine (C=N–C) groups is 1. The molecule has 106 valence electrons. The monoisotopic (exact) mass is 291 g/mol. The van der Waals surface area contributed by atoms with Gasteiger partial charge in [0.05, 0.1) is 18.1 Å². The fraction of sp³-hybridized carbons (Fsp3) is 0.286. The van der Waals surface area contributed by atoms with Crippen molar-refractivity contribution in [2.24, 2.45) is 4.99 Å². The normalized spacial score (nSPS) is 18.6. The number of carbonyl (C=O) groups is 1. The van der Waals surface area contributed by atoms with E-state index in [1.54, 1.807) is 0 Å². The number of thioether (sulfide) groups is 1. The lowest BCUT2D eigenvalue weighted by Crippen LogP contribution is -2.20. The summed E-state index contributed by atoms with van der Waals surface area (Å²) < 4.78 is 0. The summed E-state index contributed by atoms with van der Waals surface area (Å²) in [5.41, 5.74) is 2.08. The molecule has 1 aromatic carbocycles. The zero-order valence-electron chi connectivity index (χ0n) is 11.5. The molecular formula is C14H17N3O2S. The van der Waals surface area contributed by atoms with E-state index < -0.39 is 0 Å². The number of amidine groups is 1. The Labute approximate surface area is 122 Å². The van der Waals surface area contributed by atoms with Crippen LogP contribution < -0.4 is 10.2 Å². The van der Waals surface area contributed by atoms with Crippen LogP contribution in [0.2, 0.25) is 0 Å². The van der Waals surface area contributed by atoms with Crippen molar-refractivity contribution in [2.75, 3.05) is 32.1 Å². The summed E-state index contributed by atoms with van der Waals surface area (Å²) in [5, 5.41) is 11.9. The van der Waals surface area contributed by atoms with Crippen molar-refractivity contribution in [1.29, 1.82) is 0 Å². The summed E-state index contributed by atoms with van der Waals surface area (Å²) in [6.45, 7) is 0.276. The Morgan fingerprint density at radius 1 is 1.35 bits per heavy atom. The van der Waals surface area contributed by atoms with E-state index in [0.29, 0.717) is 16.6 Å². The van der Waals surface area contributed by atoms with Crippen LogP contribution in [0.5, 0.6) is 0 Å². The Morgan fingerprint density at radius 3 is 2.65 bits per heavy atom. The van der Waals surface area contributed by atoms with Crippen molar-refractivity contribution in [3.63, 3.8) is 0 Å². The highest BCUT2D eigenvalue weighted by atomic mass is 32.2. The van der Waals surface area contributed by atoms with Crippen LogP contribution in [0.4, 0.5) is 5.69 Å². The SMILES string of the molecule is CN(C)c1ccc(/C=C2\SC(=NCCO)NC2=O)cc1. The Kier molecular flexibility index (Phi) is 4.81. The van der Waals surface area contributed by atoms with Gasteiger partial charge in [0.1, 0.15) is 0 Å². The Morgan fingerprint density at radius 2 is 2.05 bits per heavy atom. The number of amides is 1. The number of nitrogens with zero attached hydrogens (tertiary/aromatic N) is 2. The highest BCUT2D eigenvalue weighted by Crippen LogP contribution is 2.26. The minimum absolute atomic E-state index is 0.0228. The lowest BCUT2D eigenvalue weighted by atomic mass is 10.2. The van der Waals surface area contributed by atoms with Crippen LogP contribution in [0, 0.1) is 0 Å². The van der Waals surface area contributed by atoms with Gasteiger partial charge in [0, 0.05) is 19.8 Å². The number of aliphatic hydroxyl groups excluding tert-OH is 1. The molecule has 0 radical (unpaired) electrons. The van der Waals surface area contributed by atoms with Gasteiger partial charge in [-0.1, -0.05) is 12.1 Å². The number of carbonyl (C=O) groups excluding carboxylic acids is 1. The van der Waals surface area contributed by atoms with Crippen molar-refractivity contribution in [3.8, 4) is 0 Å². The molecule has 1 aliphatic rings. The van der Waals surface area contributed by atoms with Crippen LogP contribution >= 0.6 is 11.8 Å². The molecule has 1 heterocycles. The quantitative estimate of drug-likeness (QED) is 0.821. The van der Waals surface area contributed by atoms with Gasteiger partial charge in [-0.15, -0.1) is 0 Å². The summed E-state index contributed by atoms with van der Waals surface area (Å²) in [5.74, 6) is -0.150. The summed E-state index contributed by atoms with van der Waals surface area (Å²) in [6.07, 6.45) is 1.83. The lowest BCUT2D eigenvalue weighted by Gasteiger charge is -2.11. The van der Waals surface area contributed by atoms with Gasteiger partial charge < -0.3 is 15.3 Å². The second kappa shape index (κ2) is 6.58. The molecule has 0 bridgehead atoms. The van der Waals surface area contributed by atoms with E-state index in [4.69, 9.17) is 5.11 Å². The molecule has 0 atom stereocenters. The molecule has 2 rings (SSSR count). The molecule has 2 N–H and O–H groups in total. The minimum atomic E-state index is -0.150. The molecule has 1 fully saturated rings. The van der Waals surface area contributed by atoms with Crippen LogP contribution in [-0.2, 0) is 4.79 Å². The molecule has 1 amide bonds. The van der Waals surface area contributed by atoms with Crippen molar-refractivity contribution in [3.05, 3.63) is 34.7 Å².